The number of hydrogen-bond acceptors (Lipinski definition) is 13. The Morgan fingerprint density at radius 2 is 1.36 bits per heavy atom. The van der Waals surface area contributed by atoms with E-state index in [0.29, 0.717) is 71.2 Å². The first-order valence-corrected chi connectivity index (χ1v) is 17.2. The number of ether oxygens (including phenoxy) is 2. The number of carbonyl (C=O) groups excluding carboxylic acids is 3. The minimum Gasteiger partial charge on any atom is -1.00 e. The van der Waals surface area contributed by atoms with Crippen LogP contribution in [0.25, 0.3) is 5.82 Å². The molecule has 0 saturated heterocycles. The third-order valence-electron chi connectivity index (χ3n) is 8.66. The van der Waals surface area contributed by atoms with Crippen molar-refractivity contribution >= 4 is 41.5 Å². The first kappa shape index (κ1) is 49.8. The fourth-order valence-corrected chi connectivity index (χ4v) is 5.64. The summed E-state index contributed by atoms with van der Waals surface area (Å²) in [4.78, 5) is 51.7. The Balaban J connectivity index is 0.000000317. The zero-order valence-electron chi connectivity index (χ0n) is 33.3. The molecule has 0 spiro atoms. The van der Waals surface area contributed by atoms with E-state index in [1.54, 1.807) is 73.1 Å². The number of amides is 2. The molecule has 2 aliphatic carbocycles. The zero-order valence-corrected chi connectivity index (χ0v) is 39.3. The van der Waals surface area contributed by atoms with Gasteiger partial charge in [0.1, 0.15) is 35.3 Å². The zero-order chi connectivity index (χ0) is 40.8. The van der Waals surface area contributed by atoms with Gasteiger partial charge in [-0.15, -0.1) is 5.10 Å². The van der Waals surface area contributed by atoms with Crippen molar-refractivity contribution in [1.29, 1.82) is 0 Å². The Bertz CT molecular complexity index is 2290. The van der Waals surface area contributed by atoms with Crippen LogP contribution >= 0.6 is 11.6 Å². The summed E-state index contributed by atoms with van der Waals surface area (Å²) in [5, 5.41) is 25.0. The second-order valence-corrected chi connectivity index (χ2v) is 12.5. The molecule has 6 aromatic rings. The topological polar surface area (TPSA) is 224 Å². The number of aromatic nitrogens is 8. The van der Waals surface area contributed by atoms with E-state index in [9.17, 15) is 18.4 Å². The standard InChI is InChI=1S/C18H16FN5O2.C13H12FN3O.C5H5ClN2O.CH2O3.2K.H/c1-26-16-10-15(20-11-21-16)24-9-6-14(23-24)22-17(25)18(7-8-18)12-4-2-3-5-13(12)19;14-10-4-2-1-3-9(10)13(6-7-13)12(18)16-11-5-8-15-17-11;1-9-5-2-4(6)7-3-8-5;2-1-4-3;;;/h2-6,9-11H,7-8H2,1H3,(H,22,23,25);1-5,8H,6-7H2,(H2,15,16,17,18);2-3H,1H3;1,3H;;;/q;;;;2*+1;-1/p-1. The van der Waals surface area contributed by atoms with Crippen molar-refractivity contribution in [1.82, 2.24) is 39.9 Å². The van der Waals surface area contributed by atoms with Gasteiger partial charge in [-0.05, 0) is 37.8 Å². The second-order valence-electron chi connectivity index (χ2n) is 12.1. The Morgan fingerprint density at radius 3 is 1.81 bits per heavy atom. The van der Waals surface area contributed by atoms with E-state index in [2.05, 4.69) is 50.8 Å². The number of aromatic amines is 1. The average molecular weight is 883 g/mol. The molecule has 2 aliphatic rings. The summed E-state index contributed by atoms with van der Waals surface area (Å²) in [5.74, 6) is 1.17. The van der Waals surface area contributed by atoms with Crippen LogP contribution in [0.3, 0.4) is 0 Å². The number of H-pyrrole nitrogens is 1. The van der Waals surface area contributed by atoms with E-state index < -0.39 is 10.8 Å². The summed E-state index contributed by atoms with van der Waals surface area (Å²) in [6.45, 7) is -0.181. The molecule has 2 amide bonds. The van der Waals surface area contributed by atoms with Gasteiger partial charge in [-0.25, -0.2) is 33.4 Å². The molecular formula is C37H35ClF2K2N10O7. The monoisotopic (exact) mass is 882 g/mol. The van der Waals surface area contributed by atoms with Gasteiger partial charge in [0.05, 0.1) is 31.2 Å². The minimum absolute atomic E-state index is 0. The molecule has 298 valence electrons. The quantitative estimate of drug-likeness (QED) is 0.0464. The summed E-state index contributed by atoms with van der Waals surface area (Å²) in [5.41, 5.74) is -0.622. The summed E-state index contributed by atoms with van der Waals surface area (Å²) in [6.07, 6.45) is 8.51. The number of hydrogen-bond donors (Lipinski definition) is 3. The third-order valence-corrected chi connectivity index (χ3v) is 8.86. The Kier molecular flexibility index (Phi) is 20.3. The molecule has 2 aromatic carbocycles. The van der Waals surface area contributed by atoms with Crippen LogP contribution in [-0.4, -0.2) is 72.4 Å². The Labute approximate surface area is 427 Å². The van der Waals surface area contributed by atoms with Gasteiger partial charge in [-0.3, -0.25) is 19.5 Å². The molecule has 0 radical (unpaired) electrons. The molecule has 8 rings (SSSR count). The number of rotatable bonds is 10. The van der Waals surface area contributed by atoms with Crippen LogP contribution in [0.15, 0.2) is 97.8 Å². The number of anilines is 2. The van der Waals surface area contributed by atoms with Crippen LogP contribution in [0.2, 0.25) is 5.15 Å². The molecule has 2 fully saturated rings. The molecule has 0 atom stereocenters. The van der Waals surface area contributed by atoms with E-state index in [1.807, 2.05) is 0 Å². The number of nitrogens with one attached hydrogen (secondary N) is 3. The van der Waals surface area contributed by atoms with Gasteiger partial charge in [0.15, 0.2) is 11.6 Å². The number of nitrogens with zero attached hydrogens (tertiary/aromatic N) is 7. The number of carbonyl (C=O) groups is 3. The first-order chi connectivity index (χ1) is 27.6. The normalized spacial score (nSPS) is 13.2. The van der Waals surface area contributed by atoms with Crippen molar-refractivity contribution < 1.29 is 147 Å². The van der Waals surface area contributed by atoms with Crippen molar-refractivity contribution in [2.45, 2.75) is 36.5 Å². The maximum absolute atomic E-state index is 14.1. The fourth-order valence-electron chi connectivity index (χ4n) is 5.50. The van der Waals surface area contributed by atoms with Crippen LogP contribution < -0.4 is 128 Å². The molecule has 0 bridgehead atoms. The SMILES string of the molecule is COc1cc(-n2ccc(NC(=O)C3(c4ccccc4F)CC3)n2)ncn1.COc1cc(Cl)ncn1.O=C(Nc1ccn[nH]1)C1(c2ccccc2F)CC1.O=CO[O-].[H-].[K+].[K+]. The van der Waals surface area contributed by atoms with Crippen molar-refractivity contribution in [3.8, 4) is 17.6 Å². The van der Waals surface area contributed by atoms with Gasteiger partial charge in [0.2, 0.25) is 23.6 Å². The van der Waals surface area contributed by atoms with Crippen LogP contribution in [-0.2, 0) is 30.1 Å². The van der Waals surface area contributed by atoms with Crippen LogP contribution in [0.4, 0.5) is 20.4 Å². The smallest absolute Gasteiger partial charge is 1.00 e. The molecule has 17 nitrogen and oxygen atoms in total. The van der Waals surface area contributed by atoms with Gasteiger partial charge in [0.25, 0.3) is 6.47 Å². The van der Waals surface area contributed by atoms with Gasteiger partial charge >= 0.3 is 103 Å². The summed E-state index contributed by atoms with van der Waals surface area (Å²) < 4.78 is 39.2. The van der Waals surface area contributed by atoms with E-state index in [0.717, 1.165) is 0 Å². The van der Waals surface area contributed by atoms with Crippen molar-refractivity contribution in [3.05, 3.63) is 126 Å². The molecule has 4 aromatic heterocycles. The molecule has 4 heterocycles. The fraction of sp³-hybridized carbons (Fsp3) is 0.216. The molecule has 22 heteroatoms. The van der Waals surface area contributed by atoms with Gasteiger partial charge in [0, 0.05) is 41.6 Å². The van der Waals surface area contributed by atoms with E-state index in [-0.39, 0.29) is 134 Å². The largest absolute Gasteiger partial charge is 1.00 e. The van der Waals surface area contributed by atoms with Crippen LogP contribution in [0.5, 0.6) is 11.8 Å². The molecule has 3 N–H and O–H groups in total. The summed E-state index contributed by atoms with van der Waals surface area (Å²) in [6, 6.07) is 19.3. The maximum Gasteiger partial charge on any atom is 1.00 e. The number of benzene rings is 2. The summed E-state index contributed by atoms with van der Waals surface area (Å²) in [7, 11) is 3.04. The predicted molar refractivity (Wildman–Crippen MR) is 198 cm³/mol. The predicted octanol–water partition coefficient (Wildman–Crippen LogP) is -1.61. The van der Waals surface area contributed by atoms with Crippen molar-refractivity contribution in [2.24, 2.45) is 0 Å². The van der Waals surface area contributed by atoms with Crippen LogP contribution in [0, 0.1) is 11.6 Å². The van der Waals surface area contributed by atoms with Crippen molar-refractivity contribution in [3.63, 3.8) is 0 Å². The molecule has 2 saturated carbocycles. The van der Waals surface area contributed by atoms with Crippen molar-refractivity contribution in [2.75, 3.05) is 24.9 Å². The minimum atomic E-state index is -0.812. The maximum atomic E-state index is 14.1. The van der Waals surface area contributed by atoms with Crippen LogP contribution in [0.1, 0.15) is 38.2 Å². The molecule has 59 heavy (non-hydrogen) atoms. The Hall–Kier alpha value is -3.59. The average Bonchev–Trinajstić information content (AvgIpc) is 4.12. The molecule has 0 unspecified atom stereocenters. The molecular weight excluding hydrogens is 848 g/mol. The van der Waals surface area contributed by atoms with Gasteiger partial charge < -0.3 is 31.7 Å². The third kappa shape index (κ3) is 13.5. The number of methoxy groups -OCH3 is 2. The number of halogens is 3. The summed E-state index contributed by atoms with van der Waals surface area (Å²) >= 11 is 5.49. The van der Waals surface area contributed by atoms with E-state index in [1.165, 1.54) is 43.7 Å². The van der Waals surface area contributed by atoms with E-state index >= 15 is 0 Å². The van der Waals surface area contributed by atoms with Gasteiger partial charge in [-0.1, -0.05) is 48.0 Å². The Morgan fingerprint density at radius 1 is 0.831 bits per heavy atom. The molecule has 0 aliphatic heterocycles. The second kappa shape index (κ2) is 24.0. The van der Waals surface area contributed by atoms with E-state index in [4.69, 9.17) is 31.1 Å². The first-order valence-electron chi connectivity index (χ1n) is 16.9. The van der Waals surface area contributed by atoms with Gasteiger partial charge in [-0.2, -0.15) is 5.10 Å².